The first-order valence-electron chi connectivity index (χ1n) is 6.13. The van der Waals surface area contributed by atoms with Gasteiger partial charge in [-0.15, -0.1) is 0 Å². The predicted molar refractivity (Wildman–Crippen MR) is 76.4 cm³/mol. The molecule has 2 aromatic rings. The van der Waals surface area contributed by atoms with Gasteiger partial charge in [0.25, 0.3) is 0 Å². The molecule has 0 aliphatic heterocycles. The Hall–Kier alpha value is -1.13. The molecular formula is C14H17BrN2O. The number of rotatable bonds is 5. The third-order valence-electron chi connectivity index (χ3n) is 2.71. The molecule has 18 heavy (non-hydrogen) atoms. The van der Waals surface area contributed by atoms with Crippen LogP contribution in [-0.2, 0) is 6.54 Å². The maximum Gasteiger partial charge on any atom is 0.208 e. The molecule has 0 unspecified atom stereocenters. The van der Waals surface area contributed by atoms with Crippen LogP contribution in [0.5, 0.6) is 0 Å². The molecule has 0 atom stereocenters. The highest BCUT2D eigenvalue weighted by molar-refractivity contribution is 9.10. The Morgan fingerprint density at radius 1 is 1.39 bits per heavy atom. The molecule has 0 saturated carbocycles. The predicted octanol–water partition coefficient (Wildman–Crippen LogP) is 3.91. The van der Waals surface area contributed by atoms with Gasteiger partial charge in [-0.25, -0.2) is 4.98 Å². The Kier molecular flexibility index (Phi) is 4.55. The number of benzene rings is 1. The van der Waals surface area contributed by atoms with Gasteiger partial charge in [0.2, 0.25) is 5.89 Å². The van der Waals surface area contributed by atoms with Crippen molar-refractivity contribution in [2.45, 2.75) is 26.8 Å². The van der Waals surface area contributed by atoms with E-state index < -0.39 is 0 Å². The molecule has 0 amide bonds. The highest BCUT2D eigenvalue weighted by Gasteiger charge is 2.10. The second-order valence-electron chi connectivity index (χ2n) is 4.23. The summed E-state index contributed by atoms with van der Waals surface area (Å²) in [5.41, 5.74) is 2.23. The second kappa shape index (κ2) is 6.16. The number of nitrogens with zero attached hydrogens (tertiary/aromatic N) is 1. The van der Waals surface area contributed by atoms with E-state index in [4.69, 9.17) is 4.42 Å². The molecule has 0 fully saturated rings. The van der Waals surface area contributed by atoms with Crippen LogP contribution >= 0.6 is 15.9 Å². The molecule has 1 N–H and O–H groups in total. The van der Waals surface area contributed by atoms with Gasteiger partial charge in [-0.2, -0.15) is 0 Å². The molecule has 1 heterocycles. The lowest BCUT2D eigenvalue weighted by molar-refractivity contribution is 0.477. The number of nitrogens with one attached hydrogen (secondary N) is 1. The van der Waals surface area contributed by atoms with Gasteiger partial charge in [0.1, 0.15) is 0 Å². The van der Waals surface area contributed by atoms with Gasteiger partial charge in [0, 0.05) is 10.0 Å². The largest absolute Gasteiger partial charge is 0.439 e. The molecule has 2 rings (SSSR count). The number of aromatic nitrogens is 1. The quantitative estimate of drug-likeness (QED) is 0.851. The summed E-state index contributed by atoms with van der Waals surface area (Å²) in [7, 11) is 0. The van der Waals surface area contributed by atoms with E-state index in [1.165, 1.54) is 5.56 Å². The Morgan fingerprint density at radius 2 is 2.22 bits per heavy atom. The van der Waals surface area contributed by atoms with Gasteiger partial charge < -0.3 is 9.73 Å². The molecule has 0 bridgehead atoms. The van der Waals surface area contributed by atoms with Crippen LogP contribution in [0.25, 0.3) is 11.3 Å². The summed E-state index contributed by atoms with van der Waals surface area (Å²) in [5.74, 6) is 1.53. The van der Waals surface area contributed by atoms with Crippen LogP contribution in [0.2, 0.25) is 0 Å². The minimum Gasteiger partial charge on any atom is -0.439 e. The molecule has 4 heteroatoms. The van der Waals surface area contributed by atoms with Gasteiger partial charge in [-0.1, -0.05) is 25.1 Å². The Bertz CT molecular complexity index is 522. The summed E-state index contributed by atoms with van der Waals surface area (Å²) in [6, 6.07) is 6.11. The van der Waals surface area contributed by atoms with Crippen molar-refractivity contribution in [2.24, 2.45) is 0 Å². The van der Waals surface area contributed by atoms with E-state index in [9.17, 15) is 0 Å². The van der Waals surface area contributed by atoms with Gasteiger partial charge >= 0.3 is 0 Å². The van der Waals surface area contributed by atoms with E-state index in [2.05, 4.69) is 46.1 Å². The van der Waals surface area contributed by atoms with Crippen LogP contribution in [0, 0.1) is 6.92 Å². The topological polar surface area (TPSA) is 38.1 Å². The SMILES string of the molecule is CCCNCc1ncc(-c2cccc(C)c2Br)o1. The van der Waals surface area contributed by atoms with Crippen molar-refractivity contribution in [3.05, 3.63) is 40.3 Å². The van der Waals surface area contributed by atoms with Crippen molar-refractivity contribution in [2.75, 3.05) is 6.54 Å². The fourth-order valence-corrected chi connectivity index (χ4v) is 2.19. The summed E-state index contributed by atoms with van der Waals surface area (Å²) in [4.78, 5) is 4.29. The molecular weight excluding hydrogens is 292 g/mol. The number of oxazole rings is 1. The average molecular weight is 309 g/mol. The minimum atomic E-state index is 0.678. The monoisotopic (exact) mass is 308 g/mol. The maximum atomic E-state index is 5.75. The van der Waals surface area contributed by atoms with Crippen molar-refractivity contribution in [1.29, 1.82) is 0 Å². The van der Waals surface area contributed by atoms with Crippen LogP contribution in [0.15, 0.2) is 33.3 Å². The van der Waals surface area contributed by atoms with E-state index in [1.807, 2.05) is 12.1 Å². The zero-order chi connectivity index (χ0) is 13.0. The Balaban J connectivity index is 2.16. The van der Waals surface area contributed by atoms with Crippen molar-refractivity contribution < 1.29 is 4.42 Å². The van der Waals surface area contributed by atoms with E-state index in [0.29, 0.717) is 6.54 Å². The van der Waals surface area contributed by atoms with E-state index in [1.54, 1.807) is 6.20 Å². The normalized spacial score (nSPS) is 10.8. The van der Waals surface area contributed by atoms with Gasteiger partial charge in [-0.05, 0) is 41.4 Å². The van der Waals surface area contributed by atoms with Crippen LogP contribution in [-0.4, -0.2) is 11.5 Å². The summed E-state index contributed by atoms with van der Waals surface area (Å²) >= 11 is 3.59. The van der Waals surface area contributed by atoms with Gasteiger partial charge in [0.15, 0.2) is 5.76 Å². The summed E-state index contributed by atoms with van der Waals surface area (Å²) in [5, 5.41) is 3.27. The molecule has 0 saturated heterocycles. The molecule has 0 aliphatic carbocycles. The summed E-state index contributed by atoms with van der Waals surface area (Å²) < 4.78 is 6.81. The van der Waals surface area contributed by atoms with Crippen LogP contribution in [0.4, 0.5) is 0 Å². The first kappa shape index (κ1) is 13.3. The molecule has 0 aliphatic rings. The van der Waals surface area contributed by atoms with Crippen LogP contribution in [0.3, 0.4) is 0 Å². The first-order valence-corrected chi connectivity index (χ1v) is 6.92. The summed E-state index contributed by atoms with van der Waals surface area (Å²) in [6.45, 7) is 5.86. The number of aryl methyl sites for hydroxylation is 1. The second-order valence-corrected chi connectivity index (χ2v) is 5.02. The Morgan fingerprint density at radius 3 is 3.00 bits per heavy atom. The van der Waals surface area contributed by atoms with E-state index >= 15 is 0 Å². The standard InChI is InChI=1S/C14H17BrN2O/c1-3-7-16-9-13-17-8-12(18-13)11-6-4-5-10(2)14(11)15/h4-6,8,16H,3,7,9H2,1-2H3. The maximum absolute atomic E-state index is 5.75. The van der Waals surface area contributed by atoms with Crippen LogP contribution < -0.4 is 5.32 Å². The van der Waals surface area contributed by atoms with Crippen molar-refractivity contribution in [3.63, 3.8) is 0 Å². The molecule has 0 spiro atoms. The molecule has 3 nitrogen and oxygen atoms in total. The molecule has 96 valence electrons. The summed E-state index contributed by atoms with van der Waals surface area (Å²) in [6.07, 6.45) is 2.89. The van der Waals surface area contributed by atoms with E-state index in [-0.39, 0.29) is 0 Å². The fourth-order valence-electron chi connectivity index (χ4n) is 1.73. The zero-order valence-corrected chi connectivity index (χ0v) is 12.3. The molecule has 1 aromatic carbocycles. The van der Waals surface area contributed by atoms with Crippen molar-refractivity contribution >= 4 is 15.9 Å². The third kappa shape index (κ3) is 3.00. The average Bonchev–Trinajstić information content (AvgIpc) is 2.82. The number of halogens is 1. The number of hydrogen-bond donors (Lipinski definition) is 1. The Labute approximate surface area is 116 Å². The lowest BCUT2D eigenvalue weighted by atomic mass is 10.1. The first-order chi connectivity index (χ1) is 8.72. The van der Waals surface area contributed by atoms with Crippen molar-refractivity contribution in [1.82, 2.24) is 10.3 Å². The zero-order valence-electron chi connectivity index (χ0n) is 10.7. The third-order valence-corrected chi connectivity index (χ3v) is 3.77. The molecule has 0 radical (unpaired) electrons. The lowest BCUT2D eigenvalue weighted by Crippen LogP contribution is -2.13. The highest BCUT2D eigenvalue weighted by atomic mass is 79.9. The van der Waals surface area contributed by atoms with Crippen LogP contribution in [0.1, 0.15) is 24.8 Å². The minimum absolute atomic E-state index is 0.678. The fraction of sp³-hybridized carbons (Fsp3) is 0.357. The van der Waals surface area contributed by atoms with Gasteiger partial charge in [-0.3, -0.25) is 0 Å². The van der Waals surface area contributed by atoms with Crippen molar-refractivity contribution in [3.8, 4) is 11.3 Å². The van der Waals surface area contributed by atoms with E-state index in [0.717, 1.165) is 34.7 Å². The smallest absolute Gasteiger partial charge is 0.208 e. The number of hydrogen-bond acceptors (Lipinski definition) is 3. The highest BCUT2D eigenvalue weighted by Crippen LogP contribution is 2.30. The lowest BCUT2D eigenvalue weighted by Gasteiger charge is -2.03. The van der Waals surface area contributed by atoms with Gasteiger partial charge in [0.05, 0.1) is 12.7 Å². The molecule has 1 aromatic heterocycles.